The third-order valence-corrected chi connectivity index (χ3v) is 8.08. The zero-order valence-electron chi connectivity index (χ0n) is 23.6. The van der Waals surface area contributed by atoms with Crippen molar-refractivity contribution in [1.82, 2.24) is 24.7 Å². The van der Waals surface area contributed by atoms with Crippen molar-refractivity contribution in [3.05, 3.63) is 123 Å². The molecular formula is C35H22ClN5O3. The highest BCUT2D eigenvalue weighted by atomic mass is 35.5. The van der Waals surface area contributed by atoms with E-state index in [-0.39, 0.29) is 16.6 Å². The van der Waals surface area contributed by atoms with Crippen LogP contribution in [0.3, 0.4) is 0 Å². The molecule has 0 spiro atoms. The molecule has 1 aliphatic heterocycles. The highest BCUT2D eigenvalue weighted by molar-refractivity contribution is 6.33. The summed E-state index contributed by atoms with van der Waals surface area (Å²) in [6.45, 7) is 3.55. The van der Waals surface area contributed by atoms with Crippen LogP contribution in [0, 0.1) is 13.8 Å². The Labute approximate surface area is 255 Å². The first kappa shape index (κ1) is 26.1. The van der Waals surface area contributed by atoms with E-state index in [1.807, 2.05) is 91.0 Å². The molecular weight excluding hydrogens is 574 g/mol. The second-order valence-corrected chi connectivity index (χ2v) is 10.9. The molecule has 0 atom stereocenters. The lowest BCUT2D eigenvalue weighted by atomic mass is 9.96. The molecule has 9 heteroatoms. The third-order valence-electron chi connectivity index (χ3n) is 7.75. The van der Waals surface area contributed by atoms with E-state index in [4.69, 9.17) is 35.8 Å². The molecule has 8 rings (SSSR count). The predicted octanol–water partition coefficient (Wildman–Crippen LogP) is 8.20. The summed E-state index contributed by atoms with van der Waals surface area (Å²) in [6, 6.07) is 27.0. The molecule has 212 valence electrons. The maximum atomic E-state index is 14.6. The number of halogens is 1. The molecule has 0 N–H and O–H groups in total. The Morgan fingerprint density at radius 2 is 1.55 bits per heavy atom. The second kappa shape index (κ2) is 10.00. The van der Waals surface area contributed by atoms with Gasteiger partial charge in [0.1, 0.15) is 28.3 Å². The predicted molar refractivity (Wildman–Crippen MR) is 171 cm³/mol. The SMILES string of the molecule is Cc1noc(/C=C/c2ccccc2)c1-n1c(C)nc2nc3c4c(cc(-c5ccccc5Cl)nc4c2c1=O)-c1ccccc1O3. The number of ether oxygens (including phenoxy) is 1. The number of hydrogen-bond acceptors (Lipinski definition) is 7. The monoisotopic (exact) mass is 595 g/mol. The Morgan fingerprint density at radius 1 is 0.795 bits per heavy atom. The molecule has 0 aliphatic carbocycles. The molecule has 8 nitrogen and oxygen atoms in total. The summed E-state index contributed by atoms with van der Waals surface area (Å²) < 4.78 is 13.5. The summed E-state index contributed by atoms with van der Waals surface area (Å²) in [7, 11) is 0. The Hall–Kier alpha value is -5.60. The molecule has 0 fully saturated rings. The first-order valence-electron chi connectivity index (χ1n) is 14.0. The van der Waals surface area contributed by atoms with Gasteiger partial charge >= 0.3 is 0 Å². The fourth-order valence-corrected chi connectivity index (χ4v) is 5.97. The van der Waals surface area contributed by atoms with Crippen LogP contribution >= 0.6 is 11.6 Å². The molecule has 0 radical (unpaired) electrons. The average Bonchev–Trinajstić information content (AvgIpc) is 3.39. The zero-order chi connectivity index (χ0) is 29.9. The number of benzene rings is 3. The van der Waals surface area contributed by atoms with Crippen LogP contribution in [0.5, 0.6) is 11.6 Å². The normalized spacial score (nSPS) is 12.2. The lowest BCUT2D eigenvalue weighted by molar-refractivity contribution is 0.408. The van der Waals surface area contributed by atoms with Crippen molar-refractivity contribution in [2.24, 2.45) is 0 Å². The van der Waals surface area contributed by atoms with Crippen molar-refractivity contribution in [3.8, 4) is 39.7 Å². The van der Waals surface area contributed by atoms with Crippen molar-refractivity contribution in [3.63, 3.8) is 0 Å². The summed E-state index contributed by atoms with van der Waals surface area (Å²) >= 11 is 6.64. The number of aromatic nitrogens is 5. The first-order chi connectivity index (χ1) is 21.5. The number of fused-ring (bicyclic) bond motifs is 4. The number of rotatable bonds is 4. The van der Waals surface area contributed by atoms with Gasteiger partial charge in [-0.2, -0.15) is 4.98 Å². The fraction of sp³-hybridized carbons (Fsp3) is 0.0571. The van der Waals surface area contributed by atoms with E-state index >= 15 is 0 Å². The van der Waals surface area contributed by atoms with Crippen LogP contribution in [0.25, 0.3) is 62.2 Å². The Balaban J connectivity index is 1.45. The summed E-state index contributed by atoms with van der Waals surface area (Å²) in [6.07, 6.45) is 3.71. The van der Waals surface area contributed by atoms with Gasteiger partial charge in [-0.1, -0.05) is 89.6 Å². The Morgan fingerprint density at radius 3 is 2.36 bits per heavy atom. The number of pyridine rings is 2. The number of nitrogens with zero attached hydrogens (tertiary/aromatic N) is 5. The third kappa shape index (κ3) is 4.03. The largest absolute Gasteiger partial charge is 0.438 e. The van der Waals surface area contributed by atoms with Gasteiger partial charge in [0.2, 0.25) is 5.88 Å². The first-order valence-corrected chi connectivity index (χ1v) is 14.4. The molecule has 0 saturated heterocycles. The van der Waals surface area contributed by atoms with Gasteiger partial charge in [-0.25, -0.2) is 9.97 Å². The molecule has 5 heterocycles. The van der Waals surface area contributed by atoms with Crippen LogP contribution in [0.1, 0.15) is 22.8 Å². The summed E-state index contributed by atoms with van der Waals surface area (Å²) in [5, 5.41) is 5.62. The molecule has 0 amide bonds. The summed E-state index contributed by atoms with van der Waals surface area (Å²) in [5.74, 6) is 1.84. The van der Waals surface area contributed by atoms with Gasteiger partial charge in [-0.15, -0.1) is 0 Å². The summed E-state index contributed by atoms with van der Waals surface area (Å²) in [4.78, 5) is 29.2. The van der Waals surface area contributed by atoms with Crippen molar-refractivity contribution in [2.75, 3.05) is 0 Å². The van der Waals surface area contributed by atoms with Crippen LogP contribution in [0.15, 0.2) is 94.2 Å². The number of aryl methyl sites for hydroxylation is 2. The minimum absolute atomic E-state index is 0.232. The second-order valence-electron chi connectivity index (χ2n) is 10.5. The minimum Gasteiger partial charge on any atom is -0.438 e. The van der Waals surface area contributed by atoms with E-state index in [1.165, 1.54) is 4.57 Å². The van der Waals surface area contributed by atoms with E-state index in [1.54, 1.807) is 19.9 Å². The molecule has 0 bridgehead atoms. The van der Waals surface area contributed by atoms with Crippen LogP contribution < -0.4 is 10.3 Å². The smallest absolute Gasteiger partial charge is 0.270 e. The maximum Gasteiger partial charge on any atom is 0.270 e. The van der Waals surface area contributed by atoms with Crippen molar-refractivity contribution in [2.45, 2.75) is 13.8 Å². The standard InChI is InChI=1S/C35H22ClN5O3/c1-19-32(28(44-40-19)17-16-21-10-4-3-5-11-21)41-20(2)37-33-30(35(41)42)31-29-24(18-26(38-31)23-13-6-8-14-25(23)36)22-12-7-9-15-27(22)43-34(29)39-33/h3-18H,1-2H3/b17-16+. The lowest BCUT2D eigenvalue weighted by Gasteiger charge is -2.22. The van der Waals surface area contributed by atoms with E-state index in [9.17, 15) is 4.79 Å². The molecule has 3 aromatic carbocycles. The summed E-state index contributed by atoms with van der Waals surface area (Å²) in [5.41, 5.74) is 5.41. The minimum atomic E-state index is -0.346. The van der Waals surface area contributed by atoms with E-state index in [2.05, 4.69) is 5.16 Å². The number of para-hydroxylation sites is 1. The van der Waals surface area contributed by atoms with E-state index < -0.39 is 0 Å². The molecule has 0 saturated carbocycles. The van der Waals surface area contributed by atoms with Gasteiger partial charge in [-0.05, 0) is 43.7 Å². The topological polar surface area (TPSA) is 95.9 Å². The van der Waals surface area contributed by atoms with Gasteiger partial charge in [0.05, 0.1) is 16.6 Å². The molecule has 44 heavy (non-hydrogen) atoms. The Kier molecular flexibility index (Phi) is 5.92. The van der Waals surface area contributed by atoms with Gasteiger partial charge in [0.25, 0.3) is 5.56 Å². The van der Waals surface area contributed by atoms with E-state index in [0.717, 1.165) is 22.3 Å². The van der Waals surface area contributed by atoms with Crippen LogP contribution in [-0.4, -0.2) is 24.7 Å². The van der Waals surface area contributed by atoms with Crippen LogP contribution in [0.4, 0.5) is 0 Å². The Bertz CT molecular complexity index is 2380. The van der Waals surface area contributed by atoms with Gasteiger partial charge in [0, 0.05) is 21.7 Å². The van der Waals surface area contributed by atoms with Crippen LogP contribution in [0.2, 0.25) is 5.02 Å². The van der Waals surface area contributed by atoms with Gasteiger partial charge in [0.15, 0.2) is 11.4 Å². The van der Waals surface area contributed by atoms with Crippen molar-refractivity contribution >= 4 is 45.7 Å². The van der Waals surface area contributed by atoms with Crippen molar-refractivity contribution < 1.29 is 9.26 Å². The highest BCUT2D eigenvalue weighted by Gasteiger charge is 2.28. The highest BCUT2D eigenvalue weighted by Crippen LogP contribution is 2.47. The lowest BCUT2D eigenvalue weighted by Crippen LogP contribution is -2.24. The molecule has 0 unspecified atom stereocenters. The maximum absolute atomic E-state index is 14.6. The number of hydrogen-bond donors (Lipinski definition) is 0. The van der Waals surface area contributed by atoms with Crippen molar-refractivity contribution in [1.29, 1.82) is 0 Å². The molecule has 7 aromatic rings. The van der Waals surface area contributed by atoms with Crippen LogP contribution in [-0.2, 0) is 0 Å². The van der Waals surface area contributed by atoms with Gasteiger partial charge < -0.3 is 9.26 Å². The van der Waals surface area contributed by atoms with Gasteiger partial charge in [-0.3, -0.25) is 9.36 Å². The zero-order valence-corrected chi connectivity index (χ0v) is 24.3. The average molecular weight is 596 g/mol. The van der Waals surface area contributed by atoms with E-state index in [0.29, 0.717) is 56.2 Å². The quantitative estimate of drug-likeness (QED) is 0.189. The molecule has 1 aliphatic rings. The fourth-order valence-electron chi connectivity index (χ4n) is 5.73. The molecule has 4 aromatic heterocycles.